The van der Waals surface area contributed by atoms with E-state index in [1.165, 1.54) is 5.56 Å². The quantitative estimate of drug-likeness (QED) is 0.346. The number of nitrogens with one attached hydrogen (secondary N) is 3. The Labute approximate surface area is 200 Å². The molecular formula is C26H32N6O2. The van der Waals surface area contributed by atoms with Crippen LogP contribution in [0.2, 0.25) is 0 Å². The van der Waals surface area contributed by atoms with Crippen molar-refractivity contribution in [3.8, 4) is 0 Å². The minimum atomic E-state index is -0.346. The molecule has 3 amide bonds. The van der Waals surface area contributed by atoms with E-state index in [9.17, 15) is 9.59 Å². The van der Waals surface area contributed by atoms with Gasteiger partial charge in [0.15, 0.2) is 0 Å². The Morgan fingerprint density at radius 1 is 1.00 bits per heavy atom. The van der Waals surface area contributed by atoms with Crippen LogP contribution in [0.25, 0.3) is 0 Å². The van der Waals surface area contributed by atoms with E-state index in [2.05, 4.69) is 25.8 Å². The van der Waals surface area contributed by atoms with Gasteiger partial charge in [-0.2, -0.15) is 0 Å². The van der Waals surface area contributed by atoms with Crippen LogP contribution in [0.3, 0.4) is 0 Å². The van der Waals surface area contributed by atoms with Crippen LogP contribution in [0, 0.1) is 0 Å². The molecule has 1 heterocycles. The summed E-state index contributed by atoms with van der Waals surface area (Å²) in [4.78, 5) is 31.5. The maximum Gasteiger partial charge on any atom is 0.315 e. The molecular weight excluding hydrogens is 428 g/mol. The Morgan fingerprint density at radius 2 is 1.74 bits per heavy atom. The monoisotopic (exact) mass is 460 g/mol. The highest BCUT2D eigenvalue weighted by Gasteiger charge is 2.17. The van der Waals surface area contributed by atoms with Crippen molar-refractivity contribution >= 4 is 23.3 Å². The number of pyridine rings is 1. The van der Waals surface area contributed by atoms with Crippen molar-refractivity contribution in [2.75, 3.05) is 38.2 Å². The second-order valence-electron chi connectivity index (χ2n) is 8.30. The van der Waals surface area contributed by atoms with Crippen LogP contribution in [0.15, 0.2) is 72.9 Å². The summed E-state index contributed by atoms with van der Waals surface area (Å²) in [6, 6.07) is 20.1. The topological polar surface area (TPSA) is 112 Å². The zero-order valence-corrected chi connectivity index (χ0v) is 19.6. The lowest BCUT2D eigenvalue weighted by Crippen LogP contribution is -2.39. The number of rotatable bonds is 10. The number of hydrogen-bond acceptors (Lipinski definition) is 5. The third-order valence-corrected chi connectivity index (χ3v) is 5.34. The molecule has 5 N–H and O–H groups in total. The van der Waals surface area contributed by atoms with Gasteiger partial charge in [0.2, 0.25) is 0 Å². The van der Waals surface area contributed by atoms with E-state index in [4.69, 9.17) is 5.73 Å². The molecule has 1 aromatic heterocycles. The highest BCUT2D eigenvalue weighted by Crippen LogP contribution is 2.19. The van der Waals surface area contributed by atoms with Gasteiger partial charge in [-0.15, -0.1) is 0 Å². The van der Waals surface area contributed by atoms with Crippen LogP contribution >= 0.6 is 0 Å². The fourth-order valence-electron chi connectivity index (χ4n) is 3.43. The number of nitrogen functional groups attached to an aromatic ring is 1. The van der Waals surface area contributed by atoms with E-state index in [1.54, 1.807) is 36.5 Å². The Bertz CT molecular complexity index is 1070. The number of nitrogens with zero attached hydrogens (tertiary/aromatic N) is 2. The molecule has 34 heavy (non-hydrogen) atoms. The van der Waals surface area contributed by atoms with Gasteiger partial charge in [0.25, 0.3) is 5.91 Å². The summed E-state index contributed by atoms with van der Waals surface area (Å²) < 4.78 is 0. The number of benzene rings is 2. The maximum absolute atomic E-state index is 12.6. The summed E-state index contributed by atoms with van der Waals surface area (Å²) in [5.41, 5.74) is 9.19. The van der Waals surface area contributed by atoms with E-state index < -0.39 is 0 Å². The molecule has 8 heteroatoms. The summed E-state index contributed by atoms with van der Waals surface area (Å²) in [6.07, 6.45) is 3.09. The minimum absolute atomic E-state index is 0.235. The van der Waals surface area contributed by atoms with Crippen LogP contribution in [-0.2, 0) is 6.42 Å². The van der Waals surface area contributed by atoms with Crippen molar-refractivity contribution in [2.24, 2.45) is 0 Å². The van der Waals surface area contributed by atoms with Crippen LogP contribution in [0.1, 0.15) is 34.1 Å². The molecule has 8 nitrogen and oxygen atoms in total. The molecule has 0 aliphatic rings. The van der Waals surface area contributed by atoms with Crippen molar-refractivity contribution in [3.05, 3.63) is 89.7 Å². The van der Waals surface area contributed by atoms with Gasteiger partial charge in [-0.25, -0.2) is 4.79 Å². The summed E-state index contributed by atoms with van der Waals surface area (Å²) >= 11 is 0. The Balaban J connectivity index is 1.61. The summed E-state index contributed by atoms with van der Waals surface area (Å²) in [5.74, 6) is -0.346. The number of urea groups is 1. The summed E-state index contributed by atoms with van der Waals surface area (Å²) in [6.45, 7) is 1.32. The highest BCUT2D eigenvalue weighted by atomic mass is 16.2. The molecule has 178 valence electrons. The largest absolute Gasteiger partial charge is 0.397 e. The first-order valence-corrected chi connectivity index (χ1v) is 11.3. The molecule has 0 radical (unpaired) electrons. The molecule has 0 aliphatic carbocycles. The second-order valence-corrected chi connectivity index (χ2v) is 8.30. The summed E-state index contributed by atoms with van der Waals surface area (Å²) in [5, 5.41) is 8.73. The number of amides is 3. The van der Waals surface area contributed by atoms with Crippen molar-refractivity contribution < 1.29 is 9.59 Å². The van der Waals surface area contributed by atoms with E-state index >= 15 is 0 Å². The fraction of sp³-hybridized carbons (Fsp3) is 0.269. The van der Waals surface area contributed by atoms with Gasteiger partial charge in [-0.1, -0.05) is 48.5 Å². The van der Waals surface area contributed by atoms with Crippen molar-refractivity contribution in [1.29, 1.82) is 0 Å². The van der Waals surface area contributed by atoms with Gasteiger partial charge in [-0.3, -0.25) is 9.78 Å². The van der Waals surface area contributed by atoms with Crippen LogP contribution in [-0.4, -0.2) is 49.0 Å². The van der Waals surface area contributed by atoms with Crippen LogP contribution in [0.4, 0.5) is 16.2 Å². The number of hydrogen-bond donors (Lipinski definition) is 4. The van der Waals surface area contributed by atoms with Crippen molar-refractivity contribution in [2.45, 2.75) is 18.9 Å². The van der Waals surface area contributed by atoms with E-state index in [0.717, 1.165) is 18.5 Å². The van der Waals surface area contributed by atoms with E-state index in [1.807, 2.05) is 50.5 Å². The van der Waals surface area contributed by atoms with Gasteiger partial charge in [0.05, 0.1) is 17.4 Å². The van der Waals surface area contributed by atoms with Gasteiger partial charge in [-0.05, 0) is 62.8 Å². The Kier molecular flexibility index (Phi) is 8.99. The van der Waals surface area contributed by atoms with Crippen molar-refractivity contribution in [3.63, 3.8) is 0 Å². The van der Waals surface area contributed by atoms with Crippen LogP contribution in [0.5, 0.6) is 0 Å². The molecule has 3 aromatic rings. The molecule has 0 saturated carbocycles. The Hall–Kier alpha value is -3.91. The molecule has 2 aromatic carbocycles. The molecule has 0 bridgehead atoms. The van der Waals surface area contributed by atoms with Crippen molar-refractivity contribution in [1.82, 2.24) is 20.5 Å². The lowest BCUT2D eigenvalue weighted by molar-refractivity contribution is 0.102. The maximum atomic E-state index is 12.6. The van der Waals surface area contributed by atoms with E-state index in [0.29, 0.717) is 24.3 Å². The molecule has 3 rings (SSSR count). The van der Waals surface area contributed by atoms with Gasteiger partial charge in [0, 0.05) is 12.7 Å². The normalized spacial score (nSPS) is 11.6. The minimum Gasteiger partial charge on any atom is -0.397 e. The standard InChI is InChI=1S/C26H32N6O2/c1-32(2)17-15-22(31-26(34)28-16-14-19-8-4-3-5-9-19)20-12-13-24(29-18-20)25(33)30-23-11-7-6-10-21(23)27/h3-13,18,22H,14-17,27H2,1-2H3,(H,30,33)(H2,28,31,34). The first kappa shape index (κ1) is 24.7. The zero-order chi connectivity index (χ0) is 24.3. The predicted octanol–water partition coefficient (Wildman–Crippen LogP) is 3.45. The SMILES string of the molecule is CN(C)CCC(NC(=O)NCCc1ccccc1)c1ccc(C(=O)Nc2ccccc2N)nc1. The van der Waals surface area contributed by atoms with Crippen LogP contribution < -0.4 is 21.7 Å². The average Bonchev–Trinajstić information content (AvgIpc) is 2.84. The molecule has 1 atom stereocenters. The number of aromatic nitrogens is 1. The fourth-order valence-corrected chi connectivity index (χ4v) is 3.43. The highest BCUT2D eigenvalue weighted by molar-refractivity contribution is 6.04. The number of anilines is 2. The number of nitrogens with two attached hydrogens (primary N) is 1. The number of para-hydroxylation sites is 2. The molecule has 0 spiro atoms. The lowest BCUT2D eigenvalue weighted by Gasteiger charge is -2.21. The number of carbonyl (C=O) groups is 2. The third kappa shape index (κ3) is 7.60. The third-order valence-electron chi connectivity index (χ3n) is 5.34. The summed E-state index contributed by atoms with van der Waals surface area (Å²) in [7, 11) is 3.97. The zero-order valence-electron chi connectivity index (χ0n) is 19.6. The second kappa shape index (κ2) is 12.4. The predicted molar refractivity (Wildman–Crippen MR) is 136 cm³/mol. The molecule has 0 fully saturated rings. The molecule has 0 saturated heterocycles. The molecule has 1 unspecified atom stereocenters. The average molecular weight is 461 g/mol. The molecule has 0 aliphatic heterocycles. The number of carbonyl (C=O) groups excluding carboxylic acids is 2. The first-order chi connectivity index (χ1) is 16.4. The lowest BCUT2D eigenvalue weighted by atomic mass is 10.1. The van der Waals surface area contributed by atoms with Gasteiger partial charge in [0.1, 0.15) is 5.69 Å². The van der Waals surface area contributed by atoms with Gasteiger partial charge < -0.3 is 26.6 Å². The van der Waals surface area contributed by atoms with Gasteiger partial charge >= 0.3 is 6.03 Å². The Morgan fingerprint density at radius 3 is 2.41 bits per heavy atom. The first-order valence-electron chi connectivity index (χ1n) is 11.3. The van der Waals surface area contributed by atoms with E-state index in [-0.39, 0.29) is 23.7 Å². The smallest absolute Gasteiger partial charge is 0.315 e.